The average molecular weight is 698 g/mol. The number of rotatable bonds is 7. The molecule has 2 heterocycles. The van der Waals surface area contributed by atoms with E-state index in [1.54, 1.807) is 42.5 Å². The van der Waals surface area contributed by atoms with E-state index in [1.807, 2.05) is 55.5 Å². The van der Waals surface area contributed by atoms with E-state index >= 15 is 4.79 Å². The number of anilines is 2. The number of phenols is 1. The fourth-order valence-corrected chi connectivity index (χ4v) is 9.09. The lowest BCUT2D eigenvalue weighted by atomic mass is 9.49. The summed E-state index contributed by atoms with van der Waals surface area (Å²) < 4.78 is 5.36. The van der Waals surface area contributed by atoms with Gasteiger partial charge in [0.15, 0.2) is 11.5 Å². The second-order valence-electron chi connectivity index (χ2n) is 14.0. The summed E-state index contributed by atoms with van der Waals surface area (Å²) in [7, 11) is -0.354. The zero-order chi connectivity index (χ0) is 36.5. The Bertz CT molecular complexity index is 2160. The number of nitrogens with one attached hydrogen (secondary N) is 1. The summed E-state index contributed by atoms with van der Waals surface area (Å²) >= 11 is 0. The molecule has 1 saturated carbocycles. The third kappa shape index (κ3) is 4.89. The first kappa shape index (κ1) is 33.4. The zero-order valence-electron chi connectivity index (χ0n) is 28.5. The molecule has 12 heteroatoms. The molecule has 8 rings (SSSR count). The predicted octanol–water partition coefficient (Wildman–Crippen LogP) is 3.58. The molecule has 6 unspecified atom stereocenters. The maximum atomic E-state index is 15.2. The van der Waals surface area contributed by atoms with Crippen molar-refractivity contribution in [2.75, 3.05) is 17.4 Å². The van der Waals surface area contributed by atoms with Gasteiger partial charge < -0.3 is 19.9 Å². The Kier molecular flexibility index (Phi) is 8.04. The van der Waals surface area contributed by atoms with Crippen LogP contribution >= 0.6 is 0 Å². The molecule has 0 spiro atoms. The lowest BCUT2D eigenvalue weighted by molar-refractivity contribution is -0.138. The molecule has 4 amide bonds. The molecule has 262 valence electrons. The molecule has 2 aliphatic carbocycles. The highest BCUT2D eigenvalue weighted by atomic mass is 16.5. The number of nitrogens with zero attached hydrogens (tertiary/aromatic N) is 2. The van der Waals surface area contributed by atoms with Crippen molar-refractivity contribution in [3.8, 4) is 11.5 Å². The van der Waals surface area contributed by atoms with E-state index in [1.165, 1.54) is 19.2 Å². The third-order valence-electron chi connectivity index (χ3n) is 11.4. The summed E-state index contributed by atoms with van der Waals surface area (Å²) in [6.07, 6.45) is 2.26. The van der Waals surface area contributed by atoms with E-state index in [0.29, 0.717) is 16.8 Å². The van der Waals surface area contributed by atoms with Gasteiger partial charge in [0.1, 0.15) is 0 Å². The number of methoxy groups -OCH3 is 1. The predicted molar refractivity (Wildman–Crippen MR) is 192 cm³/mol. The molecule has 2 aliphatic heterocycles. The summed E-state index contributed by atoms with van der Waals surface area (Å²) in [6, 6.07) is 27.5. The second kappa shape index (κ2) is 12.5. The zero-order valence-corrected chi connectivity index (χ0v) is 28.5. The van der Waals surface area contributed by atoms with Gasteiger partial charge in [0.2, 0.25) is 11.8 Å². The Morgan fingerprint density at radius 1 is 0.846 bits per heavy atom. The van der Waals surface area contributed by atoms with Crippen molar-refractivity contribution in [3.05, 3.63) is 125 Å². The summed E-state index contributed by atoms with van der Waals surface area (Å²) in [4.78, 5) is 59.7. The van der Waals surface area contributed by atoms with Gasteiger partial charge in [0, 0.05) is 5.92 Å². The monoisotopic (exact) mass is 697 g/mol. The van der Waals surface area contributed by atoms with Gasteiger partial charge in [0.05, 0.1) is 41.7 Å². The van der Waals surface area contributed by atoms with Crippen LogP contribution in [0.4, 0.5) is 11.4 Å². The van der Waals surface area contributed by atoms with Gasteiger partial charge in [-0.3, -0.25) is 29.5 Å². The summed E-state index contributed by atoms with van der Waals surface area (Å²) in [5, 5.41) is 31.8. The number of allylic oxidation sites excluding steroid dienone is 2. The Labute approximate surface area is 300 Å². The van der Waals surface area contributed by atoms with E-state index in [9.17, 15) is 29.5 Å². The Morgan fingerprint density at radius 3 is 2.29 bits per heavy atom. The van der Waals surface area contributed by atoms with Crippen LogP contribution in [0.1, 0.15) is 35.4 Å². The van der Waals surface area contributed by atoms with Gasteiger partial charge in [-0.25, -0.2) is 0 Å². The number of fused-ring (bicyclic) bond motifs is 4. The number of phenolic OH excluding ortho intramolecular Hbond substituents is 1. The van der Waals surface area contributed by atoms with E-state index in [-0.39, 0.29) is 35.5 Å². The number of amides is 4. The number of hydrogen-bond donors (Lipinski definition) is 4. The molecule has 11 nitrogen and oxygen atoms in total. The molecular formula is C40H36BN3O8. The first-order valence-electron chi connectivity index (χ1n) is 17.2. The highest BCUT2D eigenvalue weighted by molar-refractivity contribution is 6.58. The van der Waals surface area contributed by atoms with Crippen LogP contribution in [0.5, 0.6) is 11.5 Å². The first-order chi connectivity index (χ1) is 25.1. The maximum Gasteiger partial charge on any atom is 0.488 e. The van der Waals surface area contributed by atoms with Crippen LogP contribution < -0.4 is 20.5 Å². The topological polar surface area (TPSA) is 157 Å². The summed E-state index contributed by atoms with van der Waals surface area (Å²) in [5.74, 6) is -5.67. The van der Waals surface area contributed by atoms with Crippen LogP contribution in [0.2, 0.25) is 0 Å². The Balaban J connectivity index is 1.31. The standard InChI is InChI=1S/C40H36BN3O8/c1-22-11-14-26(15-12-22)42-44-37(47)31-21-30-28(16-17-29-34(30)38(48)43(36(29)46)27-10-6-9-25(20-27)41(50)51)35(23-13-18-33(52-2)32(45)19-23)40(31,39(44)49)24-7-4-3-5-8-24/h3-16,18-20,29-31,34-35,42,45,50-51H,17,21H2,1-2H3. The lowest BCUT2D eigenvalue weighted by Gasteiger charge is -2.50. The van der Waals surface area contributed by atoms with E-state index in [2.05, 4.69) is 5.43 Å². The van der Waals surface area contributed by atoms with Crippen molar-refractivity contribution < 1.29 is 39.1 Å². The molecule has 4 aromatic carbocycles. The van der Waals surface area contributed by atoms with Crippen molar-refractivity contribution in [1.82, 2.24) is 5.01 Å². The van der Waals surface area contributed by atoms with Gasteiger partial charge in [-0.1, -0.05) is 77.9 Å². The van der Waals surface area contributed by atoms with Crippen LogP contribution in [0.25, 0.3) is 0 Å². The second-order valence-corrected chi connectivity index (χ2v) is 14.0. The van der Waals surface area contributed by atoms with Crippen molar-refractivity contribution in [3.63, 3.8) is 0 Å². The summed E-state index contributed by atoms with van der Waals surface area (Å²) in [5.41, 5.74) is 5.42. The Morgan fingerprint density at radius 2 is 1.60 bits per heavy atom. The molecule has 52 heavy (non-hydrogen) atoms. The minimum atomic E-state index is -1.79. The minimum Gasteiger partial charge on any atom is -0.504 e. The first-order valence-corrected chi connectivity index (χ1v) is 17.2. The molecule has 0 bridgehead atoms. The van der Waals surface area contributed by atoms with Crippen molar-refractivity contribution >= 4 is 47.6 Å². The van der Waals surface area contributed by atoms with Crippen LogP contribution in [-0.4, -0.2) is 58.0 Å². The number of carbonyl (C=O) groups excluding carboxylic acids is 4. The largest absolute Gasteiger partial charge is 0.504 e. The Hall–Kier alpha value is -5.72. The number of hydrazine groups is 1. The third-order valence-corrected chi connectivity index (χ3v) is 11.4. The van der Waals surface area contributed by atoms with E-state index in [0.717, 1.165) is 21.0 Å². The minimum absolute atomic E-state index is 0.111. The van der Waals surface area contributed by atoms with Crippen molar-refractivity contribution in [1.29, 1.82) is 0 Å². The van der Waals surface area contributed by atoms with Crippen LogP contribution in [-0.2, 0) is 24.6 Å². The number of benzene rings is 4. The normalized spacial score (nSPS) is 26.5. The van der Waals surface area contributed by atoms with Gasteiger partial charge in [0.25, 0.3) is 11.8 Å². The van der Waals surface area contributed by atoms with Crippen molar-refractivity contribution in [2.24, 2.45) is 23.7 Å². The molecule has 4 aliphatic rings. The molecule has 4 N–H and O–H groups in total. The number of aromatic hydroxyl groups is 1. The number of imide groups is 2. The molecule has 0 radical (unpaired) electrons. The molecular weight excluding hydrogens is 661 g/mol. The molecule has 0 aromatic heterocycles. The average Bonchev–Trinajstić information content (AvgIpc) is 3.53. The quantitative estimate of drug-likeness (QED) is 0.129. The van der Waals surface area contributed by atoms with Crippen LogP contribution in [0, 0.1) is 30.6 Å². The highest BCUT2D eigenvalue weighted by Crippen LogP contribution is 2.64. The number of carbonyl (C=O) groups is 4. The molecule has 3 fully saturated rings. The van der Waals surface area contributed by atoms with Crippen molar-refractivity contribution in [2.45, 2.75) is 31.1 Å². The maximum absolute atomic E-state index is 15.2. The smallest absolute Gasteiger partial charge is 0.488 e. The highest BCUT2D eigenvalue weighted by Gasteiger charge is 2.70. The number of aryl methyl sites for hydroxylation is 1. The SMILES string of the molecule is COc1ccc(C2C3=CCC4C(=O)N(c5cccc(B(O)O)c5)C(=O)C4C3CC3C(=O)N(Nc4ccc(C)cc4)C(=O)C32c2ccccc2)cc1O. The van der Waals surface area contributed by atoms with E-state index in [4.69, 9.17) is 4.74 Å². The van der Waals surface area contributed by atoms with Gasteiger partial charge in [-0.2, -0.15) is 5.01 Å². The molecule has 6 atom stereocenters. The summed E-state index contributed by atoms with van der Waals surface area (Å²) in [6.45, 7) is 1.94. The van der Waals surface area contributed by atoms with Gasteiger partial charge in [-0.15, -0.1) is 0 Å². The lowest BCUT2D eigenvalue weighted by Crippen LogP contribution is -2.53. The van der Waals surface area contributed by atoms with Gasteiger partial charge in [-0.05, 0) is 78.7 Å². The van der Waals surface area contributed by atoms with Gasteiger partial charge >= 0.3 is 7.12 Å². The number of ether oxygens (including phenoxy) is 1. The van der Waals surface area contributed by atoms with E-state index < -0.39 is 65.8 Å². The fraction of sp³-hybridized carbons (Fsp3) is 0.250. The molecule has 4 aromatic rings. The van der Waals surface area contributed by atoms with Crippen LogP contribution in [0.3, 0.4) is 0 Å². The molecule has 2 saturated heterocycles. The number of hydrogen-bond acceptors (Lipinski definition) is 9. The van der Waals surface area contributed by atoms with Crippen LogP contribution in [0.15, 0.2) is 109 Å². The fourth-order valence-electron chi connectivity index (χ4n) is 9.09.